The van der Waals surface area contributed by atoms with Gasteiger partial charge >= 0.3 is 0 Å². The van der Waals surface area contributed by atoms with Gasteiger partial charge in [0.05, 0.1) is 17.0 Å². The van der Waals surface area contributed by atoms with Gasteiger partial charge in [0, 0.05) is 29.6 Å². The van der Waals surface area contributed by atoms with Crippen LogP contribution < -0.4 is 0 Å². The molecule has 26 heavy (non-hydrogen) atoms. The zero-order valence-corrected chi connectivity index (χ0v) is 15.3. The Kier molecular flexibility index (Phi) is 5.07. The molecule has 0 bridgehead atoms. The van der Waals surface area contributed by atoms with E-state index in [1.54, 1.807) is 11.0 Å². The van der Waals surface area contributed by atoms with Gasteiger partial charge in [-0.2, -0.15) is 0 Å². The smallest absolute Gasteiger partial charge is 0.253 e. The predicted octanol–water partition coefficient (Wildman–Crippen LogP) is 4.50. The maximum absolute atomic E-state index is 12.7. The van der Waals surface area contributed by atoms with E-state index < -0.39 is 0 Å². The Morgan fingerprint density at radius 1 is 1.12 bits per heavy atom. The lowest BCUT2D eigenvalue weighted by Gasteiger charge is -2.18. The Morgan fingerprint density at radius 2 is 1.81 bits per heavy atom. The van der Waals surface area contributed by atoms with Gasteiger partial charge in [-0.3, -0.25) is 9.79 Å². The fourth-order valence-corrected chi connectivity index (χ4v) is 3.12. The van der Waals surface area contributed by atoms with Crippen molar-refractivity contribution in [1.82, 2.24) is 9.88 Å². The zero-order valence-electron chi connectivity index (χ0n) is 15.3. The highest BCUT2D eigenvalue weighted by molar-refractivity contribution is 6.13. The van der Waals surface area contributed by atoms with E-state index in [-0.39, 0.29) is 11.8 Å². The van der Waals surface area contributed by atoms with Crippen molar-refractivity contribution in [3.63, 3.8) is 0 Å². The number of H-pyrrole nitrogens is 1. The van der Waals surface area contributed by atoms with Crippen LogP contribution >= 0.6 is 0 Å². The maximum Gasteiger partial charge on any atom is 0.253 e. The number of aromatic nitrogens is 1. The van der Waals surface area contributed by atoms with Crippen LogP contribution in [0, 0.1) is 0 Å². The molecule has 1 aromatic heterocycles. The third kappa shape index (κ3) is 3.33. The van der Waals surface area contributed by atoms with Crippen molar-refractivity contribution in [2.45, 2.75) is 20.8 Å². The van der Waals surface area contributed by atoms with Gasteiger partial charge in [0.2, 0.25) is 0 Å². The molecule has 5 heteroatoms. The SMILES string of the molecule is CCN(CC)C(=O)c1ccc2[nH]c(O)c(C(C)=Nc3ccccc3)c2c1. The van der Waals surface area contributed by atoms with Gasteiger partial charge in [-0.25, -0.2) is 0 Å². The van der Waals surface area contributed by atoms with Gasteiger partial charge in [-0.1, -0.05) is 18.2 Å². The summed E-state index contributed by atoms with van der Waals surface area (Å²) in [5, 5.41) is 11.2. The lowest BCUT2D eigenvalue weighted by molar-refractivity contribution is 0.0773. The number of carbonyl (C=O) groups is 1. The van der Waals surface area contributed by atoms with E-state index in [1.807, 2.05) is 63.2 Å². The molecule has 0 spiro atoms. The first-order valence-corrected chi connectivity index (χ1v) is 8.79. The lowest BCUT2D eigenvalue weighted by atomic mass is 10.1. The van der Waals surface area contributed by atoms with Crippen molar-refractivity contribution < 1.29 is 9.90 Å². The maximum atomic E-state index is 12.7. The number of para-hydroxylation sites is 1. The molecule has 0 atom stereocenters. The van der Waals surface area contributed by atoms with Crippen LogP contribution in [-0.4, -0.2) is 39.7 Å². The normalized spacial score (nSPS) is 11.7. The summed E-state index contributed by atoms with van der Waals surface area (Å²) in [4.78, 5) is 22.0. The molecule has 3 rings (SSSR count). The quantitative estimate of drug-likeness (QED) is 0.666. The summed E-state index contributed by atoms with van der Waals surface area (Å²) in [7, 11) is 0. The molecule has 0 saturated carbocycles. The van der Waals surface area contributed by atoms with E-state index >= 15 is 0 Å². The first-order valence-electron chi connectivity index (χ1n) is 8.79. The number of fused-ring (bicyclic) bond motifs is 1. The van der Waals surface area contributed by atoms with Gasteiger partial charge < -0.3 is 15.0 Å². The fraction of sp³-hybridized carbons (Fsp3) is 0.238. The minimum Gasteiger partial charge on any atom is -0.494 e. The largest absolute Gasteiger partial charge is 0.494 e. The number of amides is 1. The Morgan fingerprint density at radius 3 is 2.46 bits per heavy atom. The van der Waals surface area contributed by atoms with Crippen molar-refractivity contribution >= 4 is 28.2 Å². The molecule has 3 aromatic rings. The second kappa shape index (κ2) is 7.44. The molecular formula is C21H23N3O2. The van der Waals surface area contributed by atoms with Gasteiger partial charge in [0.25, 0.3) is 5.91 Å². The van der Waals surface area contributed by atoms with E-state index in [1.165, 1.54) is 0 Å². The van der Waals surface area contributed by atoms with Crippen molar-refractivity contribution in [3.8, 4) is 5.88 Å². The minimum absolute atomic E-state index is 0.0128. The summed E-state index contributed by atoms with van der Waals surface area (Å²) < 4.78 is 0. The zero-order chi connectivity index (χ0) is 18.7. The van der Waals surface area contributed by atoms with Crippen molar-refractivity contribution in [1.29, 1.82) is 0 Å². The average Bonchev–Trinajstić information content (AvgIpc) is 2.98. The Labute approximate surface area is 153 Å². The van der Waals surface area contributed by atoms with Crippen LogP contribution in [0.15, 0.2) is 53.5 Å². The van der Waals surface area contributed by atoms with Crippen LogP contribution in [0.5, 0.6) is 5.88 Å². The number of aliphatic imine (C=N–C) groups is 1. The Hall–Kier alpha value is -3.08. The number of aromatic amines is 1. The monoisotopic (exact) mass is 349 g/mol. The predicted molar refractivity (Wildman–Crippen MR) is 106 cm³/mol. The summed E-state index contributed by atoms with van der Waals surface area (Å²) in [6.45, 7) is 7.10. The summed E-state index contributed by atoms with van der Waals surface area (Å²) >= 11 is 0. The fourth-order valence-electron chi connectivity index (χ4n) is 3.12. The molecule has 0 radical (unpaired) electrons. The molecule has 0 aliphatic rings. The Balaban J connectivity index is 2.08. The summed E-state index contributed by atoms with van der Waals surface area (Å²) in [6, 6.07) is 15.0. The number of hydrogen-bond donors (Lipinski definition) is 2. The van der Waals surface area contributed by atoms with Crippen LogP contribution in [0.4, 0.5) is 5.69 Å². The summed E-state index contributed by atoms with van der Waals surface area (Å²) in [5.41, 5.74) is 3.50. The first-order chi connectivity index (χ1) is 12.5. The molecule has 2 aromatic carbocycles. The van der Waals surface area contributed by atoms with Crippen LogP contribution in [0.3, 0.4) is 0 Å². The molecule has 2 N–H and O–H groups in total. The number of hydrogen-bond acceptors (Lipinski definition) is 3. The van der Waals surface area contributed by atoms with E-state index in [2.05, 4.69) is 9.98 Å². The first kappa shape index (κ1) is 17.7. The topological polar surface area (TPSA) is 68.7 Å². The standard InChI is InChI=1S/C21H23N3O2/c1-4-24(5-2)21(26)15-11-12-18-17(13-15)19(20(25)23-18)14(3)22-16-9-7-6-8-10-16/h6-13,23,25H,4-5H2,1-3H3. The third-order valence-electron chi connectivity index (χ3n) is 4.49. The van der Waals surface area contributed by atoms with Crippen molar-refractivity contribution in [2.75, 3.05) is 13.1 Å². The van der Waals surface area contributed by atoms with Crippen LogP contribution in [0.25, 0.3) is 10.9 Å². The second-order valence-electron chi connectivity index (χ2n) is 6.12. The number of nitrogens with one attached hydrogen (secondary N) is 1. The molecule has 0 fully saturated rings. The highest BCUT2D eigenvalue weighted by Gasteiger charge is 2.18. The van der Waals surface area contributed by atoms with Crippen LogP contribution in [0.2, 0.25) is 0 Å². The Bertz CT molecular complexity index is 954. The van der Waals surface area contributed by atoms with E-state index in [0.717, 1.165) is 16.6 Å². The number of benzene rings is 2. The molecule has 0 saturated heterocycles. The van der Waals surface area contributed by atoms with Crippen molar-refractivity contribution in [3.05, 3.63) is 59.7 Å². The average molecular weight is 349 g/mol. The molecule has 0 aliphatic heterocycles. The van der Waals surface area contributed by atoms with E-state index in [0.29, 0.717) is 29.9 Å². The van der Waals surface area contributed by atoms with Gasteiger partial charge in [0.1, 0.15) is 0 Å². The highest BCUT2D eigenvalue weighted by Crippen LogP contribution is 2.30. The van der Waals surface area contributed by atoms with Gasteiger partial charge in [0.15, 0.2) is 5.88 Å². The molecule has 1 heterocycles. The minimum atomic E-state index is -0.0128. The molecular weight excluding hydrogens is 326 g/mol. The number of aromatic hydroxyl groups is 1. The van der Waals surface area contributed by atoms with Crippen LogP contribution in [-0.2, 0) is 0 Å². The summed E-state index contributed by atoms with van der Waals surface area (Å²) in [6.07, 6.45) is 0. The number of carbonyl (C=O) groups excluding carboxylic acids is 1. The molecule has 134 valence electrons. The lowest BCUT2D eigenvalue weighted by Crippen LogP contribution is -2.30. The summed E-state index contributed by atoms with van der Waals surface area (Å²) in [5.74, 6) is 0.0470. The second-order valence-corrected chi connectivity index (χ2v) is 6.12. The molecule has 5 nitrogen and oxygen atoms in total. The van der Waals surface area contributed by atoms with Crippen molar-refractivity contribution in [2.24, 2.45) is 4.99 Å². The number of rotatable bonds is 5. The molecule has 0 unspecified atom stereocenters. The molecule has 1 amide bonds. The van der Waals surface area contributed by atoms with Gasteiger partial charge in [-0.05, 0) is 51.1 Å². The van der Waals surface area contributed by atoms with Crippen LogP contribution in [0.1, 0.15) is 36.7 Å². The molecule has 0 aliphatic carbocycles. The van der Waals surface area contributed by atoms with E-state index in [4.69, 9.17) is 0 Å². The third-order valence-corrected chi connectivity index (χ3v) is 4.49. The highest BCUT2D eigenvalue weighted by atomic mass is 16.3. The van der Waals surface area contributed by atoms with E-state index in [9.17, 15) is 9.90 Å². The van der Waals surface area contributed by atoms with Gasteiger partial charge in [-0.15, -0.1) is 0 Å². The number of nitrogens with zero attached hydrogens (tertiary/aromatic N) is 2.